The molecule has 4 rings (SSSR count). The van der Waals surface area contributed by atoms with E-state index < -0.39 is 0 Å². The van der Waals surface area contributed by atoms with Crippen molar-refractivity contribution in [1.82, 2.24) is 4.90 Å². The molecule has 24 heavy (non-hydrogen) atoms. The average molecular weight is 361 g/mol. The molecule has 2 aromatic rings. The second-order valence-electron chi connectivity index (χ2n) is 6.43. The van der Waals surface area contributed by atoms with E-state index in [9.17, 15) is 4.79 Å². The molecule has 124 valence electrons. The standard InChI is InChI=1S/C19H18Cl2N2O/c1-12-5-2-3-6-14(12)18-22-10-4-7-17(22)19(24)23(18)13-8-9-15(20)16(21)11-13/h2-3,5-6,8-9,11,17-18H,4,7,10H2,1H3/t17-,18+/m0/s1. The molecule has 2 aliphatic heterocycles. The van der Waals surface area contributed by atoms with Crippen molar-refractivity contribution in [1.29, 1.82) is 0 Å². The zero-order valence-corrected chi connectivity index (χ0v) is 14.9. The lowest BCUT2D eigenvalue weighted by Gasteiger charge is -2.31. The lowest BCUT2D eigenvalue weighted by Crippen LogP contribution is -2.32. The van der Waals surface area contributed by atoms with Crippen molar-refractivity contribution in [3.63, 3.8) is 0 Å². The summed E-state index contributed by atoms with van der Waals surface area (Å²) in [6, 6.07) is 13.6. The van der Waals surface area contributed by atoms with Gasteiger partial charge in [-0.25, -0.2) is 0 Å². The van der Waals surface area contributed by atoms with Gasteiger partial charge in [0.15, 0.2) is 0 Å². The predicted octanol–water partition coefficient (Wildman–Crippen LogP) is 4.81. The number of benzene rings is 2. The summed E-state index contributed by atoms with van der Waals surface area (Å²) in [5, 5.41) is 0.970. The van der Waals surface area contributed by atoms with Gasteiger partial charge in [-0.15, -0.1) is 0 Å². The van der Waals surface area contributed by atoms with E-state index in [1.165, 1.54) is 11.1 Å². The first kappa shape index (κ1) is 15.9. The maximum absolute atomic E-state index is 13.1. The van der Waals surface area contributed by atoms with E-state index >= 15 is 0 Å². The largest absolute Gasteiger partial charge is 0.290 e. The fraction of sp³-hybridized carbons (Fsp3) is 0.316. The predicted molar refractivity (Wildman–Crippen MR) is 97.6 cm³/mol. The second kappa shape index (κ2) is 6.07. The third-order valence-electron chi connectivity index (χ3n) is 5.02. The topological polar surface area (TPSA) is 23.6 Å². The highest BCUT2D eigenvalue weighted by Gasteiger charge is 2.49. The molecule has 2 heterocycles. The zero-order valence-electron chi connectivity index (χ0n) is 13.4. The van der Waals surface area contributed by atoms with Crippen LogP contribution in [0, 0.1) is 6.92 Å². The summed E-state index contributed by atoms with van der Waals surface area (Å²) in [6.07, 6.45) is 1.90. The molecule has 0 aromatic heterocycles. The van der Waals surface area contributed by atoms with Crippen LogP contribution in [0.5, 0.6) is 0 Å². The minimum Gasteiger partial charge on any atom is -0.290 e. The van der Waals surface area contributed by atoms with E-state index in [0.29, 0.717) is 10.0 Å². The van der Waals surface area contributed by atoms with E-state index in [4.69, 9.17) is 23.2 Å². The van der Waals surface area contributed by atoms with Crippen molar-refractivity contribution in [3.05, 3.63) is 63.6 Å². The summed E-state index contributed by atoms with van der Waals surface area (Å²) < 4.78 is 0. The van der Waals surface area contributed by atoms with Crippen LogP contribution in [-0.2, 0) is 4.79 Å². The van der Waals surface area contributed by atoms with Crippen molar-refractivity contribution in [3.8, 4) is 0 Å². The highest BCUT2D eigenvalue weighted by atomic mass is 35.5. The first-order valence-electron chi connectivity index (χ1n) is 8.17. The van der Waals surface area contributed by atoms with Gasteiger partial charge in [-0.3, -0.25) is 14.6 Å². The van der Waals surface area contributed by atoms with Gasteiger partial charge in [-0.05, 0) is 49.1 Å². The normalized spacial score (nSPS) is 23.8. The average Bonchev–Trinajstić information content (AvgIpc) is 3.13. The smallest absolute Gasteiger partial charge is 0.246 e. The lowest BCUT2D eigenvalue weighted by atomic mass is 10.0. The molecule has 0 spiro atoms. The Hall–Kier alpha value is -1.55. The molecule has 2 aliphatic rings. The molecular formula is C19H18Cl2N2O. The number of halogens is 2. The highest BCUT2D eigenvalue weighted by molar-refractivity contribution is 6.42. The van der Waals surface area contributed by atoms with Gasteiger partial charge < -0.3 is 0 Å². The van der Waals surface area contributed by atoms with E-state index in [0.717, 1.165) is 25.1 Å². The number of carbonyl (C=O) groups excluding carboxylic acids is 1. The molecule has 0 saturated carbocycles. The minimum absolute atomic E-state index is 0.0379. The number of hydrogen-bond acceptors (Lipinski definition) is 2. The number of hydrogen-bond donors (Lipinski definition) is 0. The van der Waals surface area contributed by atoms with Gasteiger partial charge >= 0.3 is 0 Å². The quantitative estimate of drug-likeness (QED) is 0.766. The van der Waals surface area contributed by atoms with Gasteiger partial charge in [0.25, 0.3) is 0 Å². The molecule has 0 bridgehead atoms. The number of fused-ring (bicyclic) bond motifs is 1. The highest BCUT2D eigenvalue weighted by Crippen LogP contribution is 2.44. The third kappa shape index (κ3) is 2.43. The molecule has 2 fully saturated rings. The van der Waals surface area contributed by atoms with Crippen molar-refractivity contribution >= 4 is 34.8 Å². The Labute approximate surface area is 151 Å². The third-order valence-corrected chi connectivity index (χ3v) is 5.76. The number of rotatable bonds is 2. The lowest BCUT2D eigenvalue weighted by molar-refractivity contribution is -0.119. The van der Waals surface area contributed by atoms with Crippen molar-refractivity contribution in [2.24, 2.45) is 0 Å². The van der Waals surface area contributed by atoms with Crippen molar-refractivity contribution in [2.75, 3.05) is 11.4 Å². The van der Waals surface area contributed by atoms with Gasteiger partial charge in [0.2, 0.25) is 5.91 Å². The Kier molecular flexibility index (Phi) is 4.03. The fourth-order valence-corrected chi connectivity index (χ4v) is 4.17. The Bertz CT molecular complexity index is 808. The monoisotopic (exact) mass is 360 g/mol. The molecule has 0 radical (unpaired) electrons. The van der Waals surface area contributed by atoms with E-state index in [1.54, 1.807) is 12.1 Å². The summed E-state index contributed by atoms with van der Waals surface area (Å²) in [6.45, 7) is 3.03. The minimum atomic E-state index is -0.0801. The molecule has 2 aromatic carbocycles. The molecule has 2 atom stereocenters. The fourth-order valence-electron chi connectivity index (χ4n) is 3.87. The number of carbonyl (C=O) groups is 1. The summed E-state index contributed by atoms with van der Waals surface area (Å²) in [4.78, 5) is 17.3. The molecule has 0 N–H and O–H groups in total. The van der Waals surface area contributed by atoms with E-state index in [1.807, 2.05) is 23.1 Å². The SMILES string of the molecule is Cc1ccccc1[C@H]1N(c2ccc(Cl)c(Cl)c2)C(=O)[C@@H]2CCCN21. The van der Waals surface area contributed by atoms with Crippen LogP contribution in [0.15, 0.2) is 42.5 Å². The van der Waals surface area contributed by atoms with Crippen LogP contribution in [0.25, 0.3) is 0 Å². The van der Waals surface area contributed by atoms with Gasteiger partial charge in [-0.1, -0.05) is 47.5 Å². The first-order valence-corrected chi connectivity index (χ1v) is 8.93. The molecule has 1 amide bonds. The Morgan fingerprint density at radius 3 is 2.62 bits per heavy atom. The Balaban J connectivity index is 1.85. The maximum atomic E-state index is 13.1. The van der Waals surface area contributed by atoms with Crippen LogP contribution in [-0.4, -0.2) is 23.4 Å². The number of nitrogens with zero attached hydrogens (tertiary/aromatic N) is 2. The van der Waals surface area contributed by atoms with Gasteiger partial charge in [0.05, 0.1) is 16.1 Å². The van der Waals surface area contributed by atoms with Crippen molar-refractivity contribution < 1.29 is 4.79 Å². The summed E-state index contributed by atoms with van der Waals surface area (Å²) >= 11 is 12.3. The molecule has 0 unspecified atom stereocenters. The molecular weight excluding hydrogens is 343 g/mol. The van der Waals surface area contributed by atoms with E-state index in [-0.39, 0.29) is 18.1 Å². The van der Waals surface area contributed by atoms with Gasteiger partial charge in [-0.2, -0.15) is 0 Å². The molecule has 0 aliphatic carbocycles. The van der Waals surface area contributed by atoms with Crippen molar-refractivity contribution in [2.45, 2.75) is 32.0 Å². The van der Waals surface area contributed by atoms with Crippen LogP contribution < -0.4 is 4.90 Å². The zero-order chi connectivity index (χ0) is 16.8. The number of aryl methyl sites for hydroxylation is 1. The molecule has 5 heteroatoms. The van der Waals surface area contributed by atoms with Crippen LogP contribution in [0.1, 0.15) is 30.1 Å². The summed E-state index contributed by atoms with van der Waals surface area (Å²) in [5.74, 6) is 0.152. The number of amides is 1. The van der Waals surface area contributed by atoms with Crippen LogP contribution in [0.3, 0.4) is 0 Å². The van der Waals surface area contributed by atoms with E-state index in [2.05, 4.69) is 24.0 Å². The second-order valence-corrected chi connectivity index (χ2v) is 7.25. The Morgan fingerprint density at radius 1 is 1.08 bits per heavy atom. The summed E-state index contributed by atoms with van der Waals surface area (Å²) in [7, 11) is 0. The maximum Gasteiger partial charge on any atom is 0.246 e. The van der Waals surface area contributed by atoms with Gasteiger partial charge in [0.1, 0.15) is 6.17 Å². The van der Waals surface area contributed by atoms with Crippen LogP contribution in [0.4, 0.5) is 5.69 Å². The van der Waals surface area contributed by atoms with Gasteiger partial charge in [0, 0.05) is 12.2 Å². The van der Waals surface area contributed by atoms with Crippen LogP contribution in [0.2, 0.25) is 10.0 Å². The summed E-state index contributed by atoms with van der Waals surface area (Å²) in [5.41, 5.74) is 3.16. The number of anilines is 1. The molecule has 2 saturated heterocycles. The molecule has 3 nitrogen and oxygen atoms in total. The first-order chi connectivity index (χ1) is 11.6. The Morgan fingerprint density at radius 2 is 1.88 bits per heavy atom. The van der Waals surface area contributed by atoms with Crippen LogP contribution >= 0.6 is 23.2 Å².